The molecule has 0 unspecified atom stereocenters. The van der Waals surface area contributed by atoms with E-state index < -0.39 is 4.92 Å². The van der Waals surface area contributed by atoms with E-state index in [1.165, 1.54) is 12.1 Å². The van der Waals surface area contributed by atoms with Crippen LogP contribution in [0, 0.1) is 17.0 Å². The molecule has 1 amide bonds. The van der Waals surface area contributed by atoms with Crippen LogP contribution in [0.2, 0.25) is 0 Å². The number of morpholine rings is 1. The summed E-state index contributed by atoms with van der Waals surface area (Å²) in [6.45, 7) is 6.36. The minimum atomic E-state index is -0.508. The first-order valence-corrected chi connectivity index (χ1v) is 7.18. The molecule has 0 N–H and O–H groups in total. The highest BCUT2D eigenvalue weighted by Gasteiger charge is 2.26. The summed E-state index contributed by atoms with van der Waals surface area (Å²) in [5, 5.41) is 11.0. The summed E-state index contributed by atoms with van der Waals surface area (Å²) in [5.74, 6) is -0.0878. The standard InChI is InChI=1S/C15H20N2O5/c1-10-4-5-14(13(6-10)17(19)20)21-9-15(18)16-7-11(2)22-12(3)8-16/h4-6,11-12H,7-9H2,1-3H3/t11-,12-/m0/s1. The second-order valence-corrected chi connectivity index (χ2v) is 5.57. The van der Waals surface area contributed by atoms with E-state index >= 15 is 0 Å². The molecule has 0 saturated carbocycles. The number of ether oxygens (including phenoxy) is 2. The van der Waals surface area contributed by atoms with Crippen molar-refractivity contribution in [3.05, 3.63) is 33.9 Å². The number of carbonyl (C=O) groups excluding carboxylic acids is 1. The van der Waals surface area contributed by atoms with Crippen molar-refractivity contribution in [1.82, 2.24) is 4.90 Å². The number of amides is 1. The van der Waals surface area contributed by atoms with Gasteiger partial charge in [-0.3, -0.25) is 14.9 Å². The number of rotatable bonds is 4. The summed E-state index contributed by atoms with van der Waals surface area (Å²) < 4.78 is 10.9. The molecule has 1 aromatic carbocycles. The van der Waals surface area contributed by atoms with Crippen molar-refractivity contribution in [3.8, 4) is 5.75 Å². The lowest BCUT2D eigenvalue weighted by Crippen LogP contribution is -2.49. The minimum Gasteiger partial charge on any atom is -0.477 e. The van der Waals surface area contributed by atoms with E-state index in [0.29, 0.717) is 13.1 Å². The van der Waals surface area contributed by atoms with Crippen LogP contribution in [0.1, 0.15) is 19.4 Å². The molecule has 1 fully saturated rings. The van der Waals surface area contributed by atoms with Crippen LogP contribution in [-0.4, -0.2) is 47.6 Å². The molecular formula is C15H20N2O5. The maximum absolute atomic E-state index is 12.2. The molecule has 0 spiro atoms. The van der Waals surface area contributed by atoms with Gasteiger partial charge in [-0.15, -0.1) is 0 Å². The average molecular weight is 308 g/mol. The first-order valence-electron chi connectivity index (χ1n) is 7.18. The van der Waals surface area contributed by atoms with Gasteiger partial charge in [0.05, 0.1) is 17.1 Å². The first-order chi connectivity index (χ1) is 10.4. The monoisotopic (exact) mass is 308 g/mol. The SMILES string of the molecule is Cc1ccc(OCC(=O)N2C[C@H](C)O[C@@H](C)C2)c([N+](=O)[O-])c1. The number of hydrogen-bond donors (Lipinski definition) is 0. The quantitative estimate of drug-likeness (QED) is 0.627. The maximum Gasteiger partial charge on any atom is 0.311 e. The number of hydrogen-bond acceptors (Lipinski definition) is 5. The van der Waals surface area contributed by atoms with Gasteiger partial charge in [0.1, 0.15) is 0 Å². The second kappa shape index (κ2) is 6.74. The third-order valence-corrected chi connectivity index (χ3v) is 3.43. The van der Waals surface area contributed by atoms with Crippen molar-refractivity contribution >= 4 is 11.6 Å². The Balaban J connectivity index is 2.01. The van der Waals surface area contributed by atoms with E-state index in [-0.39, 0.29) is 36.2 Å². The van der Waals surface area contributed by atoms with E-state index in [1.54, 1.807) is 17.9 Å². The predicted molar refractivity (Wildman–Crippen MR) is 79.9 cm³/mol. The van der Waals surface area contributed by atoms with Gasteiger partial charge in [-0.1, -0.05) is 6.07 Å². The fourth-order valence-electron chi connectivity index (χ4n) is 2.50. The second-order valence-electron chi connectivity index (χ2n) is 5.57. The van der Waals surface area contributed by atoms with Crippen molar-refractivity contribution in [3.63, 3.8) is 0 Å². The molecule has 7 nitrogen and oxygen atoms in total. The average Bonchev–Trinajstić information content (AvgIpc) is 2.44. The summed E-state index contributed by atoms with van der Waals surface area (Å²) in [6.07, 6.45) is -0.0529. The van der Waals surface area contributed by atoms with Gasteiger partial charge < -0.3 is 14.4 Å². The minimum absolute atomic E-state index is 0.0265. The van der Waals surface area contributed by atoms with Gasteiger partial charge in [-0.2, -0.15) is 0 Å². The van der Waals surface area contributed by atoms with E-state index in [9.17, 15) is 14.9 Å². The highest BCUT2D eigenvalue weighted by atomic mass is 16.6. The van der Waals surface area contributed by atoms with Crippen molar-refractivity contribution in [1.29, 1.82) is 0 Å². The number of nitro groups is 1. The predicted octanol–water partition coefficient (Wildman–Crippen LogP) is 1.92. The lowest BCUT2D eigenvalue weighted by molar-refractivity contribution is -0.385. The molecular weight excluding hydrogens is 288 g/mol. The molecule has 1 aromatic rings. The highest BCUT2D eigenvalue weighted by Crippen LogP contribution is 2.27. The fourth-order valence-corrected chi connectivity index (χ4v) is 2.50. The van der Waals surface area contributed by atoms with Gasteiger partial charge in [-0.05, 0) is 32.4 Å². The molecule has 120 valence electrons. The van der Waals surface area contributed by atoms with E-state index in [1.807, 2.05) is 13.8 Å². The van der Waals surface area contributed by atoms with Crippen molar-refractivity contribution in [2.45, 2.75) is 33.0 Å². The molecule has 1 saturated heterocycles. The smallest absolute Gasteiger partial charge is 0.311 e. The van der Waals surface area contributed by atoms with Gasteiger partial charge in [0.15, 0.2) is 12.4 Å². The Kier molecular flexibility index (Phi) is 4.97. The molecule has 2 rings (SSSR count). The summed E-state index contributed by atoms with van der Waals surface area (Å²) in [4.78, 5) is 24.4. The summed E-state index contributed by atoms with van der Waals surface area (Å²) >= 11 is 0. The molecule has 0 aromatic heterocycles. The van der Waals surface area contributed by atoms with Crippen molar-refractivity contribution in [2.24, 2.45) is 0 Å². The Morgan fingerprint density at radius 2 is 2.05 bits per heavy atom. The van der Waals surface area contributed by atoms with Crippen LogP contribution in [-0.2, 0) is 9.53 Å². The third-order valence-electron chi connectivity index (χ3n) is 3.43. The molecule has 1 aliphatic heterocycles. The van der Waals surface area contributed by atoms with Gasteiger partial charge in [0, 0.05) is 19.2 Å². The molecule has 22 heavy (non-hydrogen) atoms. The van der Waals surface area contributed by atoms with Crippen LogP contribution >= 0.6 is 0 Å². The van der Waals surface area contributed by atoms with Crippen LogP contribution in [0.3, 0.4) is 0 Å². The van der Waals surface area contributed by atoms with Crippen LogP contribution in [0.5, 0.6) is 5.75 Å². The number of carbonyl (C=O) groups is 1. The van der Waals surface area contributed by atoms with Crippen LogP contribution < -0.4 is 4.74 Å². The number of nitrogens with zero attached hydrogens (tertiary/aromatic N) is 2. The zero-order valence-corrected chi connectivity index (χ0v) is 12.9. The molecule has 7 heteroatoms. The Labute approximate surface area is 129 Å². The Hall–Kier alpha value is -2.15. The number of benzene rings is 1. The van der Waals surface area contributed by atoms with Gasteiger partial charge in [0.25, 0.3) is 5.91 Å². The maximum atomic E-state index is 12.2. The molecule has 0 aliphatic carbocycles. The number of nitro benzene ring substituents is 1. The molecule has 1 aliphatic rings. The van der Waals surface area contributed by atoms with Gasteiger partial charge >= 0.3 is 5.69 Å². The Morgan fingerprint density at radius 3 is 2.64 bits per heavy atom. The number of aryl methyl sites for hydroxylation is 1. The molecule has 0 bridgehead atoms. The normalized spacial score (nSPS) is 21.5. The van der Waals surface area contributed by atoms with E-state index in [2.05, 4.69) is 0 Å². The van der Waals surface area contributed by atoms with Crippen LogP contribution in [0.4, 0.5) is 5.69 Å². The Morgan fingerprint density at radius 1 is 1.41 bits per heavy atom. The molecule has 1 heterocycles. The third kappa shape index (κ3) is 3.94. The zero-order chi connectivity index (χ0) is 16.3. The molecule has 0 radical (unpaired) electrons. The lowest BCUT2D eigenvalue weighted by Gasteiger charge is -2.35. The van der Waals surface area contributed by atoms with Gasteiger partial charge in [0.2, 0.25) is 0 Å². The van der Waals surface area contributed by atoms with Crippen molar-refractivity contribution < 1.29 is 19.2 Å². The fraction of sp³-hybridized carbons (Fsp3) is 0.533. The topological polar surface area (TPSA) is 81.9 Å². The zero-order valence-electron chi connectivity index (χ0n) is 12.9. The largest absolute Gasteiger partial charge is 0.477 e. The van der Waals surface area contributed by atoms with E-state index in [0.717, 1.165) is 5.56 Å². The van der Waals surface area contributed by atoms with E-state index in [4.69, 9.17) is 9.47 Å². The summed E-state index contributed by atoms with van der Waals surface area (Å²) in [6, 6.07) is 4.66. The van der Waals surface area contributed by atoms with Crippen LogP contribution in [0.25, 0.3) is 0 Å². The first kappa shape index (κ1) is 16.2. The highest BCUT2D eigenvalue weighted by molar-refractivity contribution is 5.78. The summed E-state index contributed by atoms with van der Waals surface area (Å²) in [5.41, 5.74) is 0.637. The Bertz CT molecular complexity index is 565. The van der Waals surface area contributed by atoms with Gasteiger partial charge in [-0.25, -0.2) is 0 Å². The van der Waals surface area contributed by atoms with Crippen molar-refractivity contribution in [2.75, 3.05) is 19.7 Å². The van der Waals surface area contributed by atoms with Crippen LogP contribution in [0.15, 0.2) is 18.2 Å². The summed E-state index contributed by atoms with van der Waals surface area (Å²) in [7, 11) is 0. The lowest BCUT2D eigenvalue weighted by atomic mass is 10.2. The molecule has 2 atom stereocenters.